The van der Waals surface area contributed by atoms with Crippen molar-refractivity contribution in [3.63, 3.8) is 0 Å². The molecule has 1 unspecified atom stereocenters. The third-order valence-electron chi connectivity index (χ3n) is 2.47. The van der Waals surface area contributed by atoms with E-state index in [-0.39, 0.29) is 18.5 Å². The zero-order valence-corrected chi connectivity index (χ0v) is 10.9. The Morgan fingerprint density at radius 1 is 1.44 bits per heavy atom. The third-order valence-corrected chi connectivity index (χ3v) is 2.47. The van der Waals surface area contributed by atoms with Gasteiger partial charge in [0.2, 0.25) is 5.89 Å². The van der Waals surface area contributed by atoms with Crippen molar-refractivity contribution in [3.8, 4) is 0 Å². The highest BCUT2D eigenvalue weighted by Crippen LogP contribution is 2.03. The van der Waals surface area contributed by atoms with Crippen LogP contribution in [-0.2, 0) is 6.54 Å². The van der Waals surface area contributed by atoms with E-state index in [1.54, 1.807) is 6.92 Å². The average molecular weight is 256 g/mol. The van der Waals surface area contributed by atoms with Crippen LogP contribution in [0.5, 0.6) is 0 Å². The van der Waals surface area contributed by atoms with Crippen molar-refractivity contribution in [3.05, 3.63) is 11.7 Å². The predicted octanol–water partition coefficient (Wildman–Crippen LogP) is 0.584. The van der Waals surface area contributed by atoms with Crippen LogP contribution < -0.4 is 10.6 Å². The maximum absolute atomic E-state index is 11.4. The van der Waals surface area contributed by atoms with Crippen LogP contribution in [0.15, 0.2) is 4.52 Å². The monoisotopic (exact) mass is 256 g/mol. The molecule has 0 saturated heterocycles. The van der Waals surface area contributed by atoms with Gasteiger partial charge in [-0.25, -0.2) is 4.79 Å². The van der Waals surface area contributed by atoms with Crippen molar-refractivity contribution < 1.29 is 14.4 Å². The molecule has 0 saturated carbocycles. The van der Waals surface area contributed by atoms with Crippen molar-refractivity contribution in [1.29, 1.82) is 0 Å². The Balaban J connectivity index is 2.14. The molecule has 1 aromatic rings. The summed E-state index contributed by atoms with van der Waals surface area (Å²) < 4.78 is 4.85. The number of carbonyl (C=O) groups is 1. The van der Waals surface area contributed by atoms with Gasteiger partial charge in [-0.1, -0.05) is 19.0 Å². The molecule has 1 heterocycles. The summed E-state index contributed by atoms with van der Waals surface area (Å²) in [6.07, 6.45) is 0.133. The molecule has 0 bridgehead atoms. The first-order valence-electron chi connectivity index (χ1n) is 5.98. The minimum Gasteiger partial charge on any atom is -0.393 e. The first-order valence-corrected chi connectivity index (χ1v) is 5.98. The highest BCUT2D eigenvalue weighted by molar-refractivity contribution is 5.73. The van der Waals surface area contributed by atoms with Crippen LogP contribution in [0.2, 0.25) is 0 Å². The fraction of sp³-hybridized carbons (Fsp3) is 0.727. The highest BCUT2D eigenvalue weighted by Gasteiger charge is 2.10. The summed E-state index contributed by atoms with van der Waals surface area (Å²) >= 11 is 0. The molecule has 102 valence electrons. The van der Waals surface area contributed by atoms with Crippen LogP contribution in [0.4, 0.5) is 4.79 Å². The second-order valence-corrected chi connectivity index (χ2v) is 4.44. The Kier molecular flexibility index (Phi) is 5.57. The van der Waals surface area contributed by atoms with Crippen LogP contribution >= 0.6 is 0 Å². The van der Waals surface area contributed by atoms with Gasteiger partial charge in [0.1, 0.15) is 0 Å². The summed E-state index contributed by atoms with van der Waals surface area (Å²) in [7, 11) is 0. The SMILES string of the molecule is Cc1noc(CNC(=O)NCCC(O)C(C)C)n1. The van der Waals surface area contributed by atoms with E-state index < -0.39 is 6.10 Å². The molecular formula is C11H20N4O3. The van der Waals surface area contributed by atoms with Crippen LogP contribution in [0, 0.1) is 12.8 Å². The number of aliphatic hydroxyl groups excluding tert-OH is 1. The lowest BCUT2D eigenvalue weighted by Gasteiger charge is -2.14. The molecule has 0 aromatic carbocycles. The minimum absolute atomic E-state index is 0.191. The summed E-state index contributed by atoms with van der Waals surface area (Å²) in [6, 6.07) is -0.318. The minimum atomic E-state index is -0.399. The Bertz CT molecular complexity index is 378. The van der Waals surface area contributed by atoms with E-state index in [4.69, 9.17) is 4.52 Å². The molecule has 0 aliphatic heterocycles. The quantitative estimate of drug-likeness (QED) is 0.691. The van der Waals surface area contributed by atoms with Gasteiger partial charge >= 0.3 is 6.03 Å². The Labute approximate surface area is 106 Å². The van der Waals surface area contributed by atoms with Gasteiger partial charge in [0.25, 0.3) is 0 Å². The third kappa shape index (κ3) is 5.13. The van der Waals surface area contributed by atoms with Gasteiger partial charge in [-0.15, -0.1) is 0 Å². The van der Waals surface area contributed by atoms with E-state index in [2.05, 4.69) is 20.8 Å². The first kappa shape index (κ1) is 14.4. The number of amides is 2. The number of rotatable bonds is 6. The van der Waals surface area contributed by atoms with Crippen molar-refractivity contribution in [1.82, 2.24) is 20.8 Å². The smallest absolute Gasteiger partial charge is 0.315 e. The van der Waals surface area contributed by atoms with E-state index in [9.17, 15) is 9.90 Å². The van der Waals surface area contributed by atoms with Gasteiger partial charge in [0, 0.05) is 6.54 Å². The number of nitrogens with zero attached hydrogens (tertiary/aromatic N) is 2. The van der Waals surface area contributed by atoms with Gasteiger partial charge < -0.3 is 20.3 Å². The zero-order valence-electron chi connectivity index (χ0n) is 10.9. The van der Waals surface area contributed by atoms with Crippen LogP contribution in [0.3, 0.4) is 0 Å². The van der Waals surface area contributed by atoms with E-state index in [0.717, 1.165) is 0 Å². The van der Waals surface area contributed by atoms with E-state index in [1.165, 1.54) is 0 Å². The van der Waals surface area contributed by atoms with E-state index in [1.807, 2.05) is 13.8 Å². The highest BCUT2D eigenvalue weighted by atomic mass is 16.5. The maximum atomic E-state index is 11.4. The van der Waals surface area contributed by atoms with E-state index in [0.29, 0.717) is 24.7 Å². The van der Waals surface area contributed by atoms with Crippen LogP contribution in [0.25, 0.3) is 0 Å². The molecule has 1 rings (SSSR count). The Morgan fingerprint density at radius 3 is 2.72 bits per heavy atom. The number of aromatic nitrogens is 2. The summed E-state index contributed by atoms with van der Waals surface area (Å²) in [5.41, 5.74) is 0. The fourth-order valence-electron chi connectivity index (χ4n) is 1.30. The Hall–Kier alpha value is -1.63. The number of hydrogen-bond donors (Lipinski definition) is 3. The lowest BCUT2D eigenvalue weighted by atomic mass is 10.0. The molecule has 0 spiro atoms. The summed E-state index contributed by atoms with van der Waals surface area (Å²) in [5.74, 6) is 1.09. The van der Waals surface area contributed by atoms with Crippen molar-refractivity contribution in [2.75, 3.05) is 6.54 Å². The number of hydrogen-bond acceptors (Lipinski definition) is 5. The van der Waals surface area contributed by atoms with Gasteiger partial charge in [-0.2, -0.15) is 4.98 Å². The topological polar surface area (TPSA) is 100 Å². The zero-order chi connectivity index (χ0) is 13.5. The molecule has 0 aliphatic carbocycles. The standard InChI is InChI=1S/C11H20N4O3/c1-7(2)9(16)4-5-12-11(17)13-6-10-14-8(3)15-18-10/h7,9,16H,4-6H2,1-3H3,(H2,12,13,17). The molecule has 1 aromatic heterocycles. The molecule has 7 nitrogen and oxygen atoms in total. The summed E-state index contributed by atoms with van der Waals surface area (Å²) in [6.45, 7) is 6.19. The predicted molar refractivity (Wildman–Crippen MR) is 64.7 cm³/mol. The van der Waals surface area contributed by atoms with Crippen LogP contribution in [-0.4, -0.2) is 33.9 Å². The number of aryl methyl sites for hydroxylation is 1. The lowest BCUT2D eigenvalue weighted by molar-refractivity contribution is 0.116. The Morgan fingerprint density at radius 2 is 2.17 bits per heavy atom. The summed E-state index contributed by atoms with van der Waals surface area (Å²) in [5, 5.41) is 18.4. The van der Waals surface area contributed by atoms with Gasteiger partial charge in [0.05, 0.1) is 12.6 Å². The van der Waals surface area contributed by atoms with Gasteiger partial charge in [0.15, 0.2) is 5.82 Å². The first-order chi connectivity index (χ1) is 8.49. The molecule has 0 aliphatic rings. The molecule has 7 heteroatoms. The molecule has 1 atom stereocenters. The van der Waals surface area contributed by atoms with Gasteiger partial charge in [-0.3, -0.25) is 0 Å². The summed E-state index contributed by atoms with van der Waals surface area (Å²) in [4.78, 5) is 15.3. The second kappa shape index (κ2) is 6.95. The number of carbonyl (C=O) groups excluding carboxylic acids is 1. The largest absolute Gasteiger partial charge is 0.393 e. The maximum Gasteiger partial charge on any atom is 0.315 e. The lowest BCUT2D eigenvalue weighted by Crippen LogP contribution is -2.37. The number of urea groups is 1. The average Bonchev–Trinajstić information content (AvgIpc) is 2.72. The van der Waals surface area contributed by atoms with Crippen molar-refractivity contribution in [2.45, 2.75) is 39.8 Å². The van der Waals surface area contributed by atoms with Crippen molar-refractivity contribution >= 4 is 6.03 Å². The fourth-order valence-corrected chi connectivity index (χ4v) is 1.30. The second-order valence-electron chi connectivity index (χ2n) is 4.44. The van der Waals surface area contributed by atoms with Gasteiger partial charge in [-0.05, 0) is 19.3 Å². The van der Waals surface area contributed by atoms with E-state index >= 15 is 0 Å². The number of aliphatic hydroxyl groups is 1. The molecule has 0 fully saturated rings. The van der Waals surface area contributed by atoms with Crippen LogP contribution in [0.1, 0.15) is 32.0 Å². The normalized spacial score (nSPS) is 12.5. The molecule has 3 N–H and O–H groups in total. The molecular weight excluding hydrogens is 236 g/mol. The molecule has 2 amide bonds. The number of nitrogens with one attached hydrogen (secondary N) is 2. The molecule has 0 radical (unpaired) electrons. The molecule has 18 heavy (non-hydrogen) atoms. The van der Waals surface area contributed by atoms with Crippen molar-refractivity contribution in [2.24, 2.45) is 5.92 Å².